The molecule has 0 fully saturated rings. The number of aryl methyl sites for hydroxylation is 1. The van der Waals surface area contributed by atoms with Crippen molar-refractivity contribution in [2.45, 2.75) is 37.8 Å². The third-order valence-electron chi connectivity index (χ3n) is 3.79. The van der Waals surface area contributed by atoms with Crippen molar-refractivity contribution < 1.29 is 14.3 Å². The van der Waals surface area contributed by atoms with Gasteiger partial charge in [0.05, 0.1) is 17.4 Å². The molecule has 2 aromatic carbocycles. The average molecular weight is 357 g/mol. The van der Waals surface area contributed by atoms with Crippen molar-refractivity contribution in [3.8, 4) is 0 Å². The zero-order chi connectivity index (χ0) is 18.4. The van der Waals surface area contributed by atoms with Gasteiger partial charge in [-0.2, -0.15) is 0 Å². The SMILES string of the molecule is CCOC(=O)c1cccc(NC(=O)[C@H](C)Sc2ccc(C)cc2)c1C. The van der Waals surface area contributed by atoms with Crippen LogP contribution in [0.2, 0.25) is 0 Å². The zero-order valence-electron chi connectivity index (χ0n) is 15.0. The van der Waals surface area contributed by atoms with Gasteiger partial charge in [-0.25, -0.2) is 4.79 Å². The number of ether oxygens (including phenoxy) is 1. The molecule has 132 valence electrons. The molecular formula is C20H23NO3S. The first-order valence-electron chi connectivity index (χ1n) is 8.23. The number of hydrogen-bond acceptors (Lipinski definition) is 4. The molecule has 0 saturated carbocycles. The van der Waals surface area contributed by atoms with Crippen LogP contribution in [-0.2, 0) is 9.53 Å². The van der Waals surface area contributed by atoms with Crippen LogP contribution < -0.4 is 5.32 Å². The Labute approximate surface area is 153 Å². The van der Waals surface area contributed by atoms with E-state index >= 15 is 0 Å². The summed E-state index contributed by atoms with van der Waals surface area (Å²) < 4.78 is 5.05. The summed E-state index contributed by atoms with van der Waals surface area (Å²) in [6.07, 6.45) is 0. The fraction of sp³-hybridized carbons (Fsp3) is 0.300. The number of carbonyl (C=O) groups is 2. The number of nitrogens with one attached hydrogen (secondary N) is 1. The van der Waals surface area contributed by atoms with E-state index in [0.29, 0.717) is 23.4 Å². The summed E-state index contributed by atoms with van der Waals surface area (Å²) in [4.78, 5) is 25.5. The van der Waals surface area contributed by atoms with Crippen molar-refractivity contribution >= 4 is 29.3 Å². The number of hydrogen-bond donors (Lipinski definition) is 1. The molecule has 0 aliphatic rings. The Bertz CT molecular complexity index is 756. The molecule has 0 aromatic heterocycles. The summed E-state index contributed by atoms with van der Waals surface area (Å²) in [7, 11) is 0. The van der Waals surface area contributed by atoms with E-state index in [-0.39, 0.29) is 17.1 Å². The third-order valence-corrected chi connectivity index (χ3v) is 4.90. The molecule has 1 atom stereocenters. The van der Waals surface area contributed by atoms with E-state index in [2.05, 4.69) is 5.32 Å². The number of carbonyl (C=O) groups excluding carboxylic acids is 2. The molecule has 2 rings (SSSR count). The molecule has 0 unspecified atom stereocenters. The number of thioether (sulfide) groups is 1. The van der Waals surface area contributed by atoms with Crippen LogP contribution in [0.25, 0.3) is 0 Å². The van der Waals surface area contributed by atoms with Crippen molar-refractivity contribution in [1.29, 1.82) is 0 Å². The van der Waals surface area contributed by atoms with Gasteiger partial charge in [-0.1, -0.05) is 23.8 Å². The number of rotatable bonds is 6. The highest BCUT2D eigenvalue weighted by Crippen LogP contribution is 2.26. The maximum Gasteiger partial charge on any atom is 0.338 e. The standard InChI is InChI=1S/C20H23NO3S/c1-5-24-20(23)17-7-6-8-18(14(17)3)21-19(22)15(4)25-16-11-9-13(2)10-12-16/h6-12,15H,5H2,1-4H3,(H,21,22)/t15-/m0/s1. The summed E-state index contributed by atoms with van der Waals surface area (Å²) in [5, 5.41) is 2.66. The minimum atomic E-state index is -0.377. The van der Waals surface area contributed by atoms with Gasteiger partial charge in [-0.15, -0.1) is 11.8 Å². The highest BCUT2D eigenvalue weighted by Gasteiger charge is 2.18. The second-order valence-electron chi connectivity index (χ2n) is 5.76. The summed E-state index contributed by atoms with van der Waals surface area (Å²) in [6.45, 7) is 7.79. The molecular weight excluding hydrogens is 334 g/mol. The van der Waals surface area contributed by atoms with Crippen molar-refractivity contribution in [2.24, 2.45) is 0 Å². The monoisotopic (exact) mass is 357 g/mol. The van der Waals surface area contributed by atoms with Crippen LogP contribution >= 0.6 is 11.8 Å². The molecule has 5 heteroatoms. The Morgan fingerprint density at radius 3 is 2.44 bits per heavy atom. The van der Waals surface area contributed by atoms with E-state index in [0.717, 1.165) is 4.90 Å². The van der Waals surface area contributed by atoms with Gasteiger partial charge in [0.1, 0.15) is 0 Å². The molecule has 2 aromatic rings. The average Bonchev–Trinajstić information content (AvgIpc) is 2.58. The summed E-state index contributed by atoms with van der Waals surface area (Å²) >= 11 is 1.50. The normalized spacial score (nSPS) is 11.7. The van der Waals surface area contributed by atoms with Crippen molar-refractivity contribution in [3.63, 3.8) is 0 Å². The lowest BCUT2D eigenvalue weighted by atomic mass is 10.1. The first-order chi connectivity index (χ1) is 11.9. The van der Waals surface area contributed by atoms with Crippen LogP contribution in [0.15, 0.2) is 47.4 Å². The Hall–Kier alpha value is -2.27. The minimum Gasteiger partial charge on any atom is -0.462 e. The molecule has 0 saturated heterocycles. The van der Waals surface area contributed by atoms with Crippen LogP contribution in [0.3, 0.4) is 0 Å². The van der Waals surface area contributed by atoms with Gasteiger partial charge >= 0.3 is 5.97 Å². The fourth-order valence-corrected chi connectivity index (χ4v) is 3.18. The van der Waals surface area contributed by atoms with E-state index in [1.807, 2.05) is 38.1 Å². The molecule has 0 aliphatic heterocycles. The lowest BCUT2D eigenvalue weighted by molar-refractivity contribution is -0.115. The van der Waals surface area contributed by atoms with Crippen LogP contribution in [0, 0.1) is 13.8 Å². The van der Waals surface area contributed by atoms with E-state index in [1.54, 1.807) is 32.0 Å². The molecule has 4 nitrogen and oxygen atoms in total. The van der Waals surface area contributed by atoms with Gasteiger partial charge in [0.2, 0.25) is 5.91 Å². The summed E-state index contributed by atoms with van der Waals surface area (Å²) in [6, 6.07) is 13.3. The van der Waals surface area contributed by atoms with Crippen LogP contribution in [0.5, 0.6) is 0 Å². The van der Waals surface area contributed by atoms with Gasteiger partial charge in [0.25, 0.3) is 0 Å². The zero-order valence-corrected chi connectivity index (χ0v) is 15.8. The number of benzene rings is 2. The topological polar surface area (TPSA) is 55.4 Å². The van der Waals surface area contributed by atoms with Gasteiger partial charge < -0.3 is 10.1 Å². The maximum atomic E-state index is 12.5. The Kier molecular flexibility index (Phi) is 6.65. The molecule has 0 aliphatic carbocycles. The molecule has 0 bridgehead atoms. The number of amides is 1. The van der Waals surface area contributed by atoms with Crippen molar-refractivity contribution in [2.75, 3.05) is 11.9 Å². The van der Waals surface area contributed by atoms with Crippen LogP contribution in [-0.4, -0.2) is 23.7 Å². The number of esters is 1. The highest BCUT2D eigenvalue weighted by atomic mass is 32.2. The van der Waals surface area contributed by atoms with E-state index in [4.69, 9.17) is 4.74 Å². The Morgan fingerprint density at radius 1 is 1.12 bits per heavy atom. The highest BCUT2D eigenvalue weighted by molar-refractivity contribution is 8.00. The lowest BCUT2D eigenvalue weighted by Crippen LogP contribution is -2.23. The molecule has 1 N–H and O–H groups in total. The molecule has 0 heterocycles. The fourth-order valence-electron chi connectivity index (χ4n) is 2.31. The van der Waals surface area contributed by atoms with Gasteiger partial charge in [0.15, 0.2) is 0 Å². The Balaban J connectivity index is 2.08. The summed E-state index contributed by atoms with van der Waals surface area (Å²) in [5.41, 5.74) is 3.00. The van der Waals surface area contributed by atoms with Crippen molar-refractivity contribution in [1.82, 2.24) is 0 Å². The predicted octanol–water partition coefficient (Wildman–Crippen LogP) is 4.60. The molecule has 1 amide bonds. The first-order valence-corrected chi connectivity index (χ1v) is 9.11. The largest absolute Gasteiger partial charge is 0.462 e. The first kappa shape index (κ1) is 19.1. The second-order valence-corrected chi connectivity index (χ2v) is 7.18. The third kappa shape index (κ3) is 5.10. The smallest absolute Gasteiger partial charge is 0.338 e. The maximum absolute atomic E-state index is 12.5. The van der Waals surface area contributed by atoms with Gasteiger partial charge in [-0.3, -0.25) is 4.79 Å². The Morgan fingerprint density at radius 2 is 1.80 bits per heavy atom. The van der Waals surface area contributed by atoms with Crippen LogP contribution in [0.4, 0.5) is 5.69 Å². The lowest BCUT2D eigenvalue weighted by Gasteiger charge is -2.15. The predicted molar refractivity (Wildman–Crippen MR) is 102 cm³/mol. The molecule has 0 spiro atoms. The summed E-state index contributed by atoms with van der Waals surface area (Å²) in [5.74, 6) is -0.479. The molecule has 25 heavy (non-hydrogen) atoms. The van der Waals surface area contributed by atoms with Gasteiger partial charge in [-0.05, 0) is 57.5 Å². The van der Waals surface area contributed by atoms with E-state index in [1.165, 1.54) is 17.3 Å². The molecule has 0 radical (unpaired) electrons. The van der Waals surface area contributed by atoms with Gasteiger partial charge in [0, 0.05) is 10.6 Å². The minimum absolute atomic E-state index is 0.102. The van der Waals surface area contributed by atoms with Crippen molar-refractivity contribution in [3.05, 3.63) is 59.2 Å². The second kappa shape index (κ2) is 8.72. The van der Waals surface area contributed by atoms with E-state index in [9.17, 15) is 9.59 Å². The van der Waals surface area contributed by atoms with Crippen LogP contribution in [0.1, 0.15) is 35.3 Å². The number of anilines is 1. The van der Waals surface area contributed by atoms with E-state index < -0.39 is 0 Å². The quantitative estimate of drug-likeness (QED) is 0.606.